The van der Waals surface area contributed by atoms with Gasteiger partial charge < -0.3 is 5.32 Å². The second-order valence-corrected chi connectivity index (χ2v) is 5.45. The molecule has 4 heteroatoms. The Morgan fingerprint density at radius 3 is 2.72 bits per heavy atom. The highest BCUT2D eigenvalue weighted by Crippen LogP contribution is 2.41. The second kappa shape index (κ2) is 5.16. The van der Waals surface area contributed by atoms with E-state index in [2.05, 4.69) is 15.7 Å². The molecule has 1 heterocycles. The fourth-order valence-electron chi connectivity index (χ4n) is 2.20. The highest BCUT2D eigenvalue weighted by Gasteiger charge is 2.31. The summed E-state index contributed by atoms with van der Waals surface area (Å²) in [6.07, 6.45) is 2.51. The van der Waals surface area contributed by atoms with E-state index in [0.717, 1.165) is 12.2 Å². The van der Waals surface area contributed by atoms with Gasteiger partial charge in [0.25, 0.3) is 0 Å². The number of hydrogen-bond donors (Lipinski definition) is 1. The molecule has 3 rings (SSSR count). The smallest absolute Gasteiger partial charge is 0.123 e. The molecule has 0 saturated heterocycles. The van der Waals surface area contributed by atoms with Gasteiger partial charge in [0, 0.05) is 18.0 Å². The number of nitrogens with zero attached hydrogens (tertiary/aromatic N) is 1. The van der Waals surface area contributed by atoms with Crippen molar-refractivity contribution in [3.63, 3.8) is 0 Å². The molecule has 1 aromatic heterocycles. The summed E-state index contributed by atoms with van der Waals surface area (Å²) in [7, 11) is 0. The van der Waals surface area contributed by atoms with E-state index in [0.29, 0.717) is 12.0 Å². The first-order chi connectivity index (χ1) is 8.83. The van der Waals surface area contributed by atoms with Crippen molar-refractivity contribution in [2.45, 2.75) is 25.4 Å². The molecule has 0 aliphatic heterocycles. The van der Waals surface area contributed by atoms with Gasteiger partial charge in [-0.2, -0.15) is 0 Å². The summed E-state index contributed by atoms with van der Waals surface area (Å²) in [5.74, 6) is 0.516. The lowest BCUT2D eigenvalue weighted by molar-refractivity contribution is 0.476. The number of halogens is 1. The van der Waals surface area contributed by atoms with Crippen LogP contribution in [-0.2, 0) is 6.54 Å². The van der Waals surface area contributed by atoms with Crippen molar-refractivity contribution in [2.24, 2.45) is 5.92 Å². The molecule has 94 valence electrons. The van der Waals surface area contributed by atoms with Crippen LogP contribution in [0, 0.1) is 11.7 Å². The van der Waals surface area contributed by atoms with Gasteiger partial charge in [0.1, 0.15) is 5.82 Å². The molecule has 0 radical (unpaired) electrons. The molecule has 18 heavy (non-hydrogen) atoms. The van der Waals surface area contributed by atoms with Crippen LogP contribution in [0.15, 0.2) is 35.2 Å². The maximum atomic E-state index is 12.9. The van der Waals surface area contributed by atoms with Crippen LogP contribution in [0.5, 0.6) is 0 Å². The van der Waals surface area contributed by atoms with Crippen molar-refractivity contribution < 1.29 is 4.39 Å². The predicted octanol–water partition coefficient (Wildman–Crippen LogP) is 3.52. The summed E-state index contributed by atoms with van der Waals surface area (Å²) >= 11 is 1.61. The summed E-state index contributed by atoms with van der Waals surface area (Å²) in [6.45, 7) is 0.780. The van der Waals surface area contributed by atoms with Gasteiger partial charge in [-0.1, -0.05) is 12.1 Å². The van der Waals surface area contributed by atoms with Crippen LogP contribution in [0.25, 0.3) is 0 Å². The maximum absolute atomic E-state index is 12.9. The van der Waals surface area contributed by atoms with Gasteiger partial charge in [0.2, 0.25) is 0 Å². The van der Waals surface area contributed by atoms with Crippen molar-refractivity contribution in [1.82, 2.24) is 10.3 Å². The Kier molecular flexibility index (Phi) is 3.39. The van der Waals surface area contributed by atoms with E-state index < -0.39 is 0 Å². The maximum Gasteiger partial charge on any atom is 0.123 e. The minimum atomic E-state index is -0.173. The lowest BCUT2D eigenvalue weighted by atomic mass is 10.0. The normalized spacial score (nSPS) is 16.7. The Morgan fingerprint density at radius 2 is 2.11 bits per heavy atom. The quantitative estimate of drug-likeness (QED) is 0.891. The summed E-state index contributed by atoms with van der Waals surface area (Å²) in [4.78, 5) is 4.27. The van der Waals surface area contributed by atoms with E-state index in [4.69, 9.17) is 0 Å². The molecular formula is C14H15FN2S. The third kappa shape index (κ3) is 2.76. The molecule has 0 amide bonds. The fraction of sp³-hybridized carbons (Fsp3) is 0.357. The van der Waals surface area contributed by atoms with Crippen LogP contribution in [0.1, 0.15) is 30.1 Å². The molecule has 0 spiro atoms. The number of aromatic nitrogens is 1. The molecule has 1 aliphatic carbocycles. The first-order valence-electron chi connectivity index (χ1n) is 6.19. The van der Waals surface area contributed by atoms with Crippen molar-refractivity contribution in [2.75, 3.05) is 0 Å². The summed E-state index contributed by atoms with van der Waals surface area (Å²) in [5.41, 5.74) is 4.10. The fourth-order valence-corrected chi connectivity index (χ4v) is 2.75. The van der Waals surface area contributed by atoms with E-state index in [9.17, 15) is 4.39 Å². The predicted molar refractivity (Wildman–Crippen MR) is 70.8 cm³/mol. The summed E-state index contributed by atoms with van der Waals surface area (Å²) in [6, 6.07) is 7.16. The van der Waals surface area contributed by atoms with Crippen LogP contribution in [0.3, 0.4) is 0 Å². The zero-order chi connectivity index (χ0) is 12.4. The number of hydrogen-bond acceptors (Lipinski definition) is 3. The number of rotatable bonds is 5. The molecular weight excluding hydrogens is 247 g/mol. The Balaban J connectivity index is 1.70. The minimum Gasteiger partial charge on any atom is -0.304 e. The third-order valence-electron chi connectivity index (χ3n) is 3.31. The molecule has 1 N–H and O–H groups in total. The molecule has 1 saturated carbocycles. The van der Waals surface area contributed by atoms with Gasteiger partial charge in [-0.25, -0.2) is 9.37 Å². The van der Waals surface area contributed by atoms with Crippen LogP contribution < -0.4 is 5.32 Å². The van der Waals surface area contributed by atoms with Crippen molar-refractivity contribution in [1.29, 1.82) is 0 Å². The van der Waals surface area contributed by atoms with E-state index in [1.54, 1.807) is 11.3 Å². The van der Waals surface area contributed by atoms with Crippen LogP contribution in [-0.4, -0.2) is 4.98 Å². The number of benzene rings is 1. The lowest BCUT2D eigenvalue weighted by Gasteiger charge is -2.18. The van der Waals surface area contributed by atoms with Gasteiger partial charge in [-0.15, -0.1) is 11.3 Å². The van der Waals surface area contributed by atoms with E-state index in [1.165, 1.54) is 30.5 Å². The van der Waals surface area contributed by atoms with Gasteiger partial charge in [-0.3, -0.25) is 0 Å². The molecule has 1 fully saturated rings. The standard InChI is InChI=1S/C14H15FN2S/c15-12-5-3-11(4-6-12)14(10-1-2-10)16-7-13-8-18-9-17-13/h3-6,8-10,14,16H,1-2,7H2. The zero-order valence-electron chi connectivity index (χ0n) is 9.97. The van der Waals surface area contributed by atoms with Crippen LogP contribution >= 0.6 is 11.3 Å². The van der Waals surface area contributed by atoms with E-state index in [1.807, 2.05) is 17.6 Å². The molecule has 1 aliphatic rings. The molecule has 1 atom stereocenters. The van der Waals surface area contributed by atoms with Crippen molar-refractivity contribution in [3.05, 3.63) is 52.2 Å². The average Bonchev–Trinajstić information content (AvgIpc) is 3.08. The number of thiazole rings is 1. The van der Waals surface area contributed by atoms with Gasteiger partial charge >= 0.3 is 0 Å². The van der Waals surface area contributed by atoms with Gasteiger partial charge in [0.05, 0.1) is 11.2 Å². The third-order valence-corrected chi connectivity index (χ3v) is 3.94. The van der Waals surface area contributed by atoms with Gasteiger partial charge in [-0.05, 0) is 36.5 Å². The molecule has 1 unspecified atom stereocenters. The lowest BCUT2D eigenvalue weighted by Crippen LogP contribution is -2.22. The molecule has 0 bridgehead atoms. The Bertz CT molecular complexity index is 491. The Hall–Kier alpha value is -1.26. The molecule has 2 aromatic rings. The highest BCUT2D eigenvalue weighted by atomic mass is 32.1. The second-order valence-electron chi connectivity index (χ2n) is 4.73. The van der Waals surface area contributed by atoms with Gasteiger partial charge in [0.15, 0.2) is 0 Å². The van der Waals surface area contributed by atoms with E-state index in [-0.39, 0.29) is 5.82 Å². The first kappa shape index (κ1) is 11.8. The summed E-state index contributed by atoms with van der Waals surface area (Å²) in [5, 5.41) is 5.60. The average molecular weight is 262 g/mol. The first-order valence-corrected chi connectivity index (χ1v) is 7.13. The van der Waals surface area contributed by atoms with Crippen LogP contribution in [0.4, 0.5) is 4.39 Å². The van der Waals surface area contributed by atoms with E-state index >= 15 is 0 Å². The number of nitrogens with one attached hydrogen (secondary N) is 1. The molecule has 1 aromatic carbocycles. The largest absolute Gasteiger partial charge is 0.304 e. The Morgan fingerprint density at radius 1 is 1.33 bits per heavy atom. The van der Waals surface area contributed by atoms with Crippen LogP contribution in [0.2, 0.25) is 0 Å². The monoisotopic (exact) mass is 262 g/mol. The molecule has 2 nitrogen and oxygen atoms in total. The minimum absolute atomic E-state index is 0.173. The SMILES string of the molecule is Fc1ccc(C(NCc2cscn2)C2CC2)cc1. The summed E-state index contributed by atoms with van der Waals surface area (Å²) < 4.78 is 12.9. The van der Waals surface area contributed by atoms with Crippen molar-refractivity contribution in [3.8, 4) is 0 Å². The van der Waals surface area contributed by atoms with Crippen molar-refractivity contribution >= 4 is 11.3 Å². The zero-order valence-corrected chi connectivity index (χ0v) is 10.8. The Labute approximate surface area is 110 Å². The topological polar surface area (TPSA) is 24.9 Å². The highest BCUT2D eigenvalue weighted by molar-refractivity contribution is 7.07.